The molecule has 4 nitrogen and oxygen atoms in total. The van der Waals surface area contributed by atoms with Gasteiger partial charge in [-0.05, 0) is 29.5 Å². The number of nitrogens with zero attached hydrogens (tertiary/aromatic N) is 3. The molecule has 2 heterocycles. The minimum Gasteiger partial charge on any atom is -0.449 e. The zero-order valence-corrected chi connectivity index (χ0v) is 11.0. The van der Waals surface area contributed by atoms with Gasteiger partial charge in [0.2, 0.25) is 0 Å². The lowest BCUT2D eigenvalue weighted by molar-refractivity contribution is 0.521. The second kappa shape index (κ2) is 4.05. The highest BCUT2D eigenvalue weighted by Gasteiger charge is 2.11. The predicted octanol–water partition coefficient (Wildman–Crippen LogP) is 3.01. The molecule has 15 heavy (non-hydrogen) atoms. The van der Waals surface area contributed by atoms with E-state index in [1.807, 2.05) is 6.92 Å². The van der Waals surface area contributed by atoms with Crippen LogP contribution in [0.5, 0.6) is 0 Å². The summed E-state index contributed by atoms with van der Waals surface area (Å²) < 4.78 is 5.95. The van der Waals surface area contributed by atoms with Crippen LogP contribution in [0.3, 0.4) is 0 Å². The van der Waals surface area contributed by atoms with Crippen molar-refractivity contribution >= 4 is 34.2 Å². The topological polar surface area (TPSA) is 51.8 Å². The van der Waals surface area contributed by atoms with Gasteiger partial charge in [-0.2, -0.15) is 0 Å². The second-order valence-electron chi connectivity index (χ2n) is 2.99. The van der Waals surface area contributed by atoms with E-state index in [0.29, 0.717) is 22.6 Å². The zero-order valence-electron chi connectivity index (χ0n) is 8.08. The van der Waals surface area contributed by atoms with E-state index in [-0.39, 0.29) is 0 Å². The van der Waals surface area contributed by atoms with E-state index in [0.717, 1.165) is 9.26 Å². The van der Waals surface area contributed by atoms with Crippen molar-refractivity contribution in [2.75, 3.05) is 0 Å². The van der Waals surface area contributed by atoms with Gasteiger partial charge in [0.05, 0.1) is 9.26 Å². The van der Waals surface area contributed by atoms with Crippen LogP contribution in [-0.4, -0.2) is 15.0 Å². The summed E-state index contributed by atoms with van der Waals surface area (Å²) in [7, 11) is 0. The molecule has 0 N–H and O–H groups in total. The molecule has 0 bridgehead atoms. The Balaban J connectivity index is 2.55. The molecule has 0 radical (unpaired) electrons. The fourth-order valence-corrected chi connectivity index (χ4v) is 1.56. The lowest BCUT2D eigenvalue weighted by atomic mass is 10.4. The number of oxazole rings is 1. The van der Waals surface area contributed by atoms with Crippen LogP contribution in [-0.2, 0) is 0 Å². The molecule has 0 unspecified atom stereocenters. The van der Waals surface area contributed by atoms with Gasteiger partial charge in [0.15, 0.2) is 11.7 Å². The van der Waals surface area contributed by atoms with Crippen molar-refractivity contribution in [2.45, 2.75) is 13.8 Å². The van der Waals surface area contributed by atoms with Gasteiger partial charge in [0, 0.05) is 6.92 Å². The molecule has 0 aromatic carbocycles. The predicted molar refractivity (Wildman–Crippen MR) is 64.7 cm³/mol. The molecular formula is C9H7ClIN3O. The fraction of sp³-hybridized carbons (Fsp3) is 0.222. The van der Waals surface area contributed by atoms with Gasteiger partial charge in [-0.15, -0.1) is 0 Å². The van der Waals surface area contributed by atoms with Crippen LogP contribution < -0.4 is 0 Å². The standard InChI is InChI=1S/C9H7ClIN3O/c1-4-7(11)8(10)14-9(12-4)6-3-15-5(2)13-6/h3H,1-2H3. The summed E-state index contributed by atoms with van der Waals surface area (Å²) in [5, 5.41) is 0.443. The maximum absolute atomic E-state index is 5.96. The first kappa shape index (κ1) is 10.8. The minimum absolute atomic E-state index is 0.443. The highest BCUT2D eigenvalue weighted by atomic mass is 127. The van der Waals surface area contributed by atoms with E-state index >= 15 is 0 Å². The van der Waals surface area contributed by atoms with Gasteiger partial charge in [-0.25, -0.2) is 15.0 Å². The SMILES string of the molecule is Cc1nc(-c2nc(C)c(I)c(Cl)n2)co1. The minimum atomic E-state index is 0.443. The van der Waals surface area contributed by atoms with Gasteiger partial charge >= 0.3 is 0 Å². The van der Waals surface area contributed by atoms with Gasteiger partial charge in [-0.3, -0.25) is 0 Å². The van der Waals surface area contributed by atoms with E-state index in [1.54, 1.807) is 6.92 Å². The molecule has 2 aromatic rings. The van der Waals surface area contributed by atoms with E-state index < -0.39 is 0 Å². The molecule has 0 aliphatic carbocycles. The molecule has 6 heteroatoms. The number of hydrogen-bond acceptors (Lipinski definition) is 4. The van der Waals surface area contributed by atoms with Crippen molar-refractivity contribution < 1.29 is 4.42 Å². The maximum atomic E-state index is 5.96. The molecule has 0 aliphatic rings. The Kier molecular flexibility index (Phi) is 2.92. The molecule has 0 atom stereocenters. The van der Waals surface area contributed by atoms with Gasteiger partial charge in [0.25, 0.3) is 0 Å². The van der Waals surface area contributed by atoms with Gasteiger partial charge in [0.1, 0.15) is 17.1 Å². The highest BCUT2D eigenvalue weighted by molar-refractivity contribution is 14.1. The van der Waals surface area contributed by atoms with Crippen LogP contribution in [0.1, 0.15) is 11.6 Å². The van der Waals surface area contributed by atoms with Crippen molar-refractivity contribution in [3.63, 3.8) is 0 Å². The number of halogens is 2. The average molecular weight is 336 g/mol. The quantitative estimate of drug-likeness (QED) is 0.594. The Hall–Kier alpha value is -0.690. The van der Waals surface area contributed by atoms with E-state index in [4.69, 9.17) is 16.0 Å². The van der Waals surface area contributed by atoms with Crippen molar-refractivity contribution in [3.8, 4) is 11.5 Å². The first-order valence-corrected chi connectivity index (χ1v) is 5.65. The van der Waals surface area contributed by atoms with Crippen LogP contribution >= 0.6 is 34.2 Å². The van der Waals surface area contributed by atoms with Crippen molar-refractivity contribution in [2.24, 2.45) is 0 Å². The summed E-state index contributed by atoms with van der Waals surface area (Å²) >= 11 is 8.07. The third kappa shape index (κ3) is 2.12. The van der Waals surface area contributed by atoms with Crippen molar-refractivity contribution in [1.82, 2.24) is 15.0 Å². The molecule has 2 rings (SSSR count). The molecule has 0 amide bonds. The van der Waals surface area contributed by atoms with Gasteiger partial charge in [-0.1, -0.05) is 11.6 Å². The normalized spacial score (nSPS) is 10.7. The van der Waals surface area contributed by atoms with Crippen LogP contribution in [0.4, 0.5) is 0 Å². The lowest BCUT2D eigenvalue weighted by Gasteiger charge is -2.01. The summed E-state index contributed by atoms with van der Waals surface area (Å²) in [5.41, 5.74) is 1.44. The number of rotatable bonds is 1. The van der Waals surface area contributed by atoms with E-state index in [1.165, 1.54) is 6.26 Å². The molecular weight excluding hydrogens is 328 g/mol. The Bertz CT molecular complexity index is 489. The van der Waals surface area contributed by atoms with E-state index in [2.05, 4.69) is 37.5 Å². The lowest BCUT2D eigenvalue weighted by Crippen LogP contribution is -1.96. The largest absolute Gasteiger partial charge is 0.449 e. The smallest absolute Gasteiger partial charge is 0.191 e. The number of hydrogen-bond donors (Lipinski definition) is 0. The summed E-state index contributed by atoms with van der Waals surface area (Å²) in [6.45, 7) is 3.65. The van der Waals surface area contributed by atoms with Crippen molar-refractivity contribution in [3.05, 3.63) is 26.6 Å². The van der Waals surface area contributed by atoms with Crippen molar-refractivity contribution in [1.29, 1.82) is 0 Å². The first-order chi connectivity index (χ1) is 7.08. The van der Waals surface area contributed by atoms with Crippen LogP contribution in [0.25, 0.3) is 11.5 Å². The average Bonchev–Trinajstić information content (AvgIpc) is 2.60. The van der Waals surface area contributed by atoms with Crippen LogP contribution in [0.2, 0.25) is 5.15 Å². The Morgan fingerprint density at radius 3 is 2.53 bits per heavy atom. The third-order valence-electron chi connectivity index (χ3n) is 1.82. The zero-order chi connectivity index (χ0) is 11.0. The third-order valence-corrected chi connectivity index (χ3v) is 3.71. The molecule has 0 saturated heterocycles. The Morgan fingerprint density at radius 2 is 2.00 bits per heavy atom. The summed E-state index contributed by atoms with van der Waals surface area (Å²) in [6, 6.07) is 0. The maximum Gasteiger partial charge on any atom is 0.191 e. The summed E-state index contributed by atoms with van der Waals surface area (Å²) in [6.07, 6.45) is 1.52. The van der Waals surface area contributed by atoms with E-state index in [9.17, 15) is 0 Å². The number of aryl methyl sites for hydroxylation is 2. The fourth-order valence-electron chi connectivity index (χ4n) is 1.10. The molecule has 0 aliphatic heterocycles. The molecule has 78 valence electrons. The second-order valence-corrected chi connectivity index (χ2v) is 4.43. The monoisotopic (exact) mass is 335 g/mol. The summed E-state index contributed by atoms with van der Waals surface area (Å²) in [5.74, 6) is 1.08. The highest BCUT2D eigenvalue weighted by Crippen LogP contribution is 2.22. The Morgan fingerprint density at radius 1 is 1.27 bits per heavy atom. The molecule has 0 fully saturated rings. The summed E-state index contributed by atoms with van der Waals surface area (Å²) in [4.78, 5) is 12.6. The molecule has 0 spiro atoms. The molecule has 2 aromatic heterocycles. The Labute approximate surface area is 105 Å². The van der Waals surface area contributed by atoms with Crippen LogP contribution in [0, 0.1) is 17.4 Å². The molecule has 0 saturated carbocycles. The van der Waals surface area contributed by atoms with Crippen LogP contribution in [0.15, 0.2) is 10.7 Å². The number of aromatic nitrogens is 3. The van der Waals surface area contributed by atoms with Gasteiger partial charge < -0.3 is 4.42 Å². The first-order valence-electron chi connectivity index (χ1n) is 4.20.